The van der Waals surface area contributed by atoms with Gasteiger partial charge in [-0.3, -0.25) is 0 Å². The van der Waals surface area contributed by atoms with E-state index in [1.54, 1.807) is 6.07 Å². The van der Waals surface area contributed by atoms with Crippen LogP contribution in [0.15, 0.2) is 10.5 Å². The first-order valence-electron chi connectivity index (χ1n) is 5.35. The lowest BCUT2D eigenvalue weighted by atomic mass is 10.2. The van der Waals surface area contributed by atoms with Crippen molar-refractivity contribution in [2.75, 3.05) is 13.2 Å². The zero-order valence-corrected chi connectivity index (χ0v) is 9.86. The Bertz CT molecular complexity index is 347. The van der Waals surface area contributed by atoms with Crippen LogP contribution in [0.25, 0.3) is 0 Å². The van der Waals surface area contributed by atoms with Gasteiger partial charge >= 0.3 is 6.18 Å². The van der Waals surface area contributed by atoms with Crippen LogP contribution in [-0.4, -0.2) is 19.3 Å². The Labute approximate surface area is 97.9 Å². The fourth-order valence-electron chi connectivity index (χ4n) is 1.34. The first-order valence-corrected chi connectivity index (χ1v) is 5.35. The predicted molar refractivity (Wildman–Crippen MR) is 56.5 cm³/mol. The highest BCUT2D eigenvalue weighted by molar-refractivity contribution is 5.19. The third-order valence-corrected chi connectivity index (χ3v) is 2.12. The van der Waals surface area contributed by atoms with E-state index in [4.69, 9.17) is 4.42 Å². The van der Waals surface area contributed by atoms with E-state index in [2.05, 4.69) is 10.1 Å². The fourth-order valence-corrected chi connectivity index (χ4v) is 1.34. The number of alkyl halides is 3. The summed E-state index contributed by atoms with van der Waals surface area (Å²) in [6.45, 7) is 3.78. The van der Waals surface area contributed by atoms with Crippen molar-refractivity contribution in [3.63, 3.8) is 0 Å². The number of ether oxygens (including phenoxy) is 1. The Hall–Kier alpha value is -1.01. The van der Waals surface area contributed by atoms with Crippen molar-refractivity contribution in [1.82, 2.24) is 5.32 Å². The lowest BCUT2D eigenvalue weighted by molar-refractivity contribution is -0.177. The van der Waals surface area contributed by atoms with Crippen LogP contribution in [0, 0.1) is 6.92 Å². The van der Waals surface area contributed by atoms with Gasteiger partial charge in [0.25, 0.3) is 0 Å². The molecule has 1 aromatic heterocycles. The van der Waals surface area contributed by atoms with Gasteiger partial charge in [-0.25, -0.2) is 0 Å². The molecule has 17 heavy (non-hydrogen) atoms. The minimum Gasteiger partial charge on any atom is -0.462 e. The molecule has 0 spiro atoms. The number of halogens is 3. The molecule has 0 aliphatic heterocycles. The third-order valence-electron chi connectivity index (χ3n) is 2.12. The normalized spacial score (nSPS) is 12.1. The second-order valence-corrected chi connectivity index (χ2v) is 3.71. The van der Waals surface area contributed by atoms with Crippen LogP contribution in [0.1, 0.15) is 24.0 Å². The molecule has 1 N–H and O–H groups in total. The van der Waals surface area contributed by atoms with Gasteiger partial charge in [-0.15, -0.1) is 0 Å². The Morgan fingerprint density at radius 3 is 2.71 bits per heavy atom. The molecule has 0 saturated carbocycles. The van der Waals surface area contributed by atoms with Crippen molar-refractivity contribution in [3.8, 4) is 0 Å². The van der Waals surface area contributed by atoms with Crippen LogP contribution < -0.4 is 5.32 Å². The number of hydrogen-bond donors (Lipinski definition) is 1. The Morgan fingerprint density at radius 1 is 1.41 bits per heavy atom. The van der Waals surface area contributed by atoms with Gasteiger partial charge in [-0.2, -0.15) is 13.2 Å². The van der Waals surface area contributed by atoms with Crippen LogP contribution in [0.2, 0.25) is 0 Å². The Balaban J connectivity index is 2.44. The highest BCUT2D eigenvalue weighted by atomic mass is 19.4. The molecular formula is C11H16F3NO2. The third kappa shape index (κ3) is 5.23. The quantitative estimate of drug-likeness (QED) is 0.844. The van der Waals surface area contributed by atoms with Crippen LogP contribution in [0.4, 0.5) is 13.2 Å². The molecule has 0 unspecified atom stereocenters. The molecule has 0 aromatic carbocycles. The molecule has 0 aliphatic rings. The highest BCUT2D eigenvalue weighted by Crippen LogP contribution is 2.18. The first kappa shape index (κ1) is 14.1. The molecule has 98 valence electrons. The Kier molecular flexibility index (Phi) is 5.02. The minimum absolute atomic E-state index is 0.160. The Morgan fingerprint density at radius 2 is 2.12 bits per heavy atom. The van der Waals surface area contributed by atoms with E-state index in [-0.39, 0.29) is 6.61 Å². The molecule has 3 nitrogen and oxygen atoms in total. The monoisotopic (exact) mass is 251 g/mol. The molecule has 0 saturated heterocycles. The lowest BCUT2D eigenvalue weighted by Gasteiger charge is -2.05. The molecule has 0 atom stereocenters. The summed E-state index contributed by atoms with van der Waals surface area (Å²) in [4.78, 5) is 0. The van der Waals surface area contributed by atoms with Crippen molar-refractivity contribution in [2.24, 2.45) is 0 Å². The van der Waals surface area contributed by atoms with Gasteiger partial charge in [-0.1, -0.05) is 6.92 Å². The van der Waals surface area contributed by atoms with Crippen LogP contribution in [0.5, 0.6) is 0 Å². The molecule has 0 amide bonds. The minimum atomic E-state index is -4.30. The van der Waals surface area contributed by atoms with E-state index in [1.807, 2.05) is 13.8 Å². The van der Waals surface area contributed by atoms with Crippen molar-refractivity contribution < 1.29 is 22.3 Å². The molecule has 0 radical (unpaired) electrons. The summed E-state index contributed by atoms with van der Waals surface area (Å²) in [6, 6.07) is 1.70. The maximum absolute atomic E-state index is 11.8. The van der Waals surface area contributed by atoms with Gasteiger partial charge in [-0.05, 0) is 25.1 Å². The average molecular weight is 251 g/mol. The lowest BCUT2D eigenvalue weighted by Crippen LogP contribution is -2.16. The molecular weight excluding hydrogens is 235 g/mol. The number of hydrogen-bond acceptors (Lipinski definition) is 3. The molecule has 1 aromatic rings. The van der Waals surface area contributed by atoms with E-state index < -0.39 is 12.8 Å². The summed E-state index contributed by atoms with van der Waals surface area (Å²) in [5, 5.41) is 3.08. The van der Waals surface area contributed by atoms with Gasteiger partial charge in [0.15, 0.2) is 0 Å². The summed E-state index contributed by atoms with van der Waals surface area (Å²) in [7, 11) is 0. The SMILES string of the molecule is CCNCc1oc(COCC(F)(F)F)cc1C. The second-order valence-electron chi connectivity index (χ2n) is 3.71. The highest BCUT2D eigenvalue weighted by Gasteiger charge is 2.27. The van der Waals surface area contributed by atoms with E-state index in [0.717, 1.165) is 17.9 Å². The predicted octanol–water partition coefficient (Wildman–Crippen LogP) is 2.78. The van der Waals surface area contributed by atoms with Gasteiger partial charge < -0.3 is 14.5 Å². The zero-order valence-electron chi connectivity index (χ0n) is 9.86. The standard InChI is InChI=1S/C11H16F3NO2/c1-3-15-5-10-8(2)4-9(17-10)6-16-7-11(12,13)14/h4,15H,3,5-7H2,1-2H3. The smallest absolute Gasteiger partial charge is 0.411 e. The van der Waals surface area contributed by atoms with Crippen LogP contribution >= 0.6 is 0 Å². The van der Waals surface area contributed by atoms with Gasteiger partial charge in [0, 0.05) is 0 Å². The molecule has 0 aliphatic carbocycles. The fraction of sp³-hybridized carbons (Fsp3) is 0.636. The number of rotatable bonds is 6. The molecule has 1 rings (SSSR count). The largest absolute Gasteiger partial charge is 0.462 e. The van der Waals surface area contributed by atoms with Crippen molar-refractivity contribution >= 4 is 0 Å². The first-order chi connectivity index (χ1) is 7.92. The van der Waals surface area contributed by atoms with E-state index in [1.165, 1.54) is 0 Å². The number of furan rings is 1. The number of aryl methyl sites for hydroxylation is 1. The van der Waals surface area contributed by atoms with E-state index in [0.29, 0.717) is 12.3 Å². The van der Waals surface area contributed by atoms with Crippen molar-refractivity contribution in [1.29, 1.82) is 0 Å². The summed E-state index contributed by atoms with van der Waals surface area (Å²) in [5.41, 5.74) is 0.913. The maximum atomic E-state index is 11.8. The molecule has 1 heterocycles. The topological polar surface area (TPSA) is 34.4 Å². The van der Waals surface area contributed by atoms with Crippen LogP contribution in [-0.2, 0) is 17.9 Å². The average Bonchev–Trinajstić information content (AvgIpc) is 2.54. The van der Waals surface area contributed by atoms with Crippen LogP contribution in [0.3, 0.4) is 0 Å². The zero-order chi connectivity index (χ0) is 12.9. The number of nitrogens with one attached hydrogen (secondary N) is 1. The second kappa shape index (κ2) is 6.07. The van der Waals surface area contributed by atoms with Crippen molar-refractivity contribution in [2.45, 2.75) is 33.2 Å². The van der Waals surface area contributed by atoms with Crippen molar-refractivity contribution in [3.05, 3.63) is 23.2 Å². The van der Waals surface area contributed by atoms with E-state index >= 15 is 0 Å². The van der Waals surface area contributed by atoms with Gasteiger partial charge in [0.05, 0.1) is 6.54 Å². The van der Waals surface area contributed by atoms with Gasteiger partial charge in [0.2, 0.25) is 0 Å². The molecule has 6 heteroatoms. The maximum Gasteiger partial charge on any atom is 0.411 e. The summed E-state index contributed by atoms with van der Waals surface area (Å²) in [6.07, 6.45) is -4.30. The molecule has 0 bridgehead atoms. The molecule has 0 fully saturated rings. The van der Waals surface area contributed by atoms with Gasteiger partial charge in [0.1, 0.15) is 24.7 Å². The van der Waals surface area contributed by atoms with E-state index in [9.17, 15) is 13.2 Å². The summed E-state index contributed by atoms with van der Waals surface area (Å²) >= 11 is 0. The summed E-state index contributed by atoms with van der Waals surface area (Å²) < 4.78 is 45.4. The summed E-state index contributed by atoms with van der Waals surface area (Å²) in [5.74, 6) is 1.15.